The second-order valence-corrected chi connectivity index (χ2v) is 6.51. The van der Waals surface area contributed by atoms with Crippen molar-refractivity contribution in [3.63, 3.8) is 0 Å². The van der Waals surface area contributed by atoms with Crippen molar-refractivity contribution in [1.29, 1.82) is 0 Å². The van der Waals surface area contributed by atoms with E-state index in [-0.39, 0.29) is 12.2 Å². The van der Waals surface area contributed by atoms with Crippen molar-refractivity contribution in [2.75, 3.05) is 11.9 Å². The average Bonchev–Trinajstić information content (AvgIpc) is 2.67. The zero-order valence-corrected chi connectivity index (χ0v) is 15.7. The number of nitrogens with one attached hydrogen (secondary N) is 2. The summed E-state index contributed by atoms with van der Waals surface area (Å²) in [6.45, 7) is 5.34. The van der Waals surface area contributed by atoms with Crippen molar-refractivity contribution in [2.24, 2.45) is 5.41 Å². The van der Waals surface area contributed by atoms with Gasteiger partial charge in [-0.3, -0.25) is 9.59 Å². The lowest BCUT2D eigenvalue weighted by molar-refractivity contribution is -0.138. The van der Waals surface area contributed by atoms with Crippen LogP contribution < -0.4 is 10.6 Å². The third-order valence-electron chi connectivity index (χ3n) is 4.10. The molecule has 6 nitrogen and oxygen atoms in total. The Morgan fingerprint density at radius 2 is 1.56 bits per heavy atom. The van der Waals surface area contributed by atoms with Crippen molar-refractivity contribution < 1.29 is 19.1 Å². The van der Waals surface area contributed by atoms with Gasteiger partial charge in [0.1, 0.15) is 5.41 Å². The fourth-order valence-electron chi connectivity index (χ4n) is 2.36. The summed E-state index contributed by atoms with van der Waals surface area (Å²) in [5.41, 5.74) is 0.170. The largest absolute Gasteiger partial charge is 0.462 e. The minimum Gasteiger partial charge on any atom is -0.462 e. The predicted octanol–water partition coefficient (Wildman–Crippen LogP) is 3.14. The molecule has 2 aromatic rings. The van der Waals surface area contributed by atoms with Gasteiger partial charge >= 0.3 is 5.97 Å². The number of benzene rings is 2. The minimum atomic E-state index is -1.32. The van der Waals surface area contributed by atoms with Crippen LogP contribution in [0.25, 0.3) is 0 Å². The second-order valence-electron chi connectivity index (χ2n) is 6.51. The van der Waals surface area contributed by atoms with Crippen molar-refractivity contribution in [3.05, 3.63) is 65.7 Å². The second kappa shape index (κ2) is 8.98. The molecule has 0 aromatic heterocycles. The number of carbonyl (C=O) groups excluding carboxylic acids is 3. The Kier molecular flexibility index (Phi) is 6.71. The maximum Gasteiger partial charge on any atom is 0.340 e. The summed E-state index contributed by atoms with van der Waals surface area (Å²) in [6.07, 6.45) is 0. The Balaban J connectivity index is 2.07. The average molecular weight is 368 g/mol. The van der Waals surface area contributed by atoms with Gasteiger partial charge in [0.25, 0.3) is 0 Å². The van der Waals surface area contributed by atoms with Crippen molar-refractivity contribution >= 4 is 23.5 Å². The minimum absolute atomic E-state index is 0.231. The van der Waals surface area contributed by atoms with Crippen LogP contribution in [-0.2, 0) is 20.9 Å². The molecule has 0 fully saturated rings. The molecule has 6 heteroatoms. The smallest absolute Gasteiger partial charge is 0.340 e. The molecule has 2 N–H and O–H groups in total. The van der Waals surface area contributed by atoms with Crippen molar-refractivity contribution in [1.82, 2.24) is 5.32 Å². The van der Waals surface area contributed by atoms with Gasteiger partial charge in [-0.05, 0) is 38.5 Å². The number of anilines is 1. The first kappa shape index (κ1) is 20.2. The third-order valence-corrected chi connectivity index (χ3v) is 4.10. The van der Waals surface area contributed by atoms with Gasteiger partial charge in [0.05, 0.1) is 17.9 Å². The van der Waals surface area contributed by atoms with Gasteiger partial charge in [-0.25, -0.2) is 4.79 Å². The molecule has 2 amide bonds. The fourth-order valence-corrected chi connectivity index (χ4v) is 2.36. The highest BCUT2D eigenvalue weighted by Gasteiger charge is 2.36. The molecule has 0 saturated heterocycles. The molecule has 0 aliphatic rings. The van der Waals surface area contributed by atoms with Gasteiger partial charge in [-0.2, -0.15) is 0 Å². The third kappa shape index (κ3) is 5.17. The van der Waals surface area contributed by atoms with Crippen LogP contribution in [0.3, 0.4) is 0 Å². The summed E-state index contributed by atoms with van der Waals surface area (Å²) in [5.74, 6) is -1.44. The maximum atomic E-state index is 12.7. The molecule has 0 spiro atoms. The first-order chi connectivity index (χ1) is 12.9. The van der Waals surface area contributed by atoms with E-state index in [4.69, 9.17) is 4.74 Å². The summed E-state index contributed by atoms with van der Waals surface area (Å²) >= 11 is 0. The summed E-state index contributed by atoms with van der Waals surface area (Å²) in [6, 6.07) is 16.0. The lowest BCUT2D eigenvalue weighted by Gasteiger charge is -2.23. The number of esters is 1. The molecular weight excluding hydrogens is 344 g/mol. The Morgan fingerprint density at radius 1 is 0.926 bits per heavy atom. The monoisotopic (exact) mass is 368 g/mol. The molecule has 0 heterocycles. The van der Waals surface area contributed by atoms with Crippen molar-refractivity contribution in [3.8, 4) is 0 Å². The topological polar surface area (TPSA) is 84.5 Å². The molecule has 0 aliphatic heterocycles. The fraction of sp³-hybridized carbons (Fsp3) is 0.286. The quantitative estimate of drug-likeness (QED) is 0.581. The van der Waals surface area contributed by atoms with E-state index >= 15 is 0 Å². The molecule has 0 bridgehead atoms. The van der Waals surface area contributed by atoms with Gasteiger partial charge in [0, 0.05) is 6.54 Å². The zero-order valence-electron chi connectivity index (χ0n) is 15.7. The highest BCUT2D eigenvalue weighted by Crippen LogP contribution is 2.22. The molecule has 0 atom stereocenters. The predicted molar refractivity (Wildman–Crippen MR) is 103 cm³/mol. The Labute approximate surface area is 158 Å². The lowest BCUT2D eigenvalue weighted by Crippen LogP contribution is -2.45. The molecule has 2 rings (SSSR count). The van der Waals surface area contributed by atoms with E-state index in [9.17, 15) is 14.4 Å². The molecule has 2 aromatic carbocycles. The van der Waals surface area contributed by atoms with E-state index in [1.54, 1.807) is 31.2 Å². The number of rotatable bonds is 7. The van der Waals surface area contributed by atoms with Gasteiger partial charge < -0.3 is 15.4 Å². The van der Waals surface area contributed by atoms with E-state index in [1.165, 1.54) is 13.8 Å². The number of hydrogen-bond donors (Lipinski definition) is 2. The summed E-state index contributed by atoms with van der Waals surface area (Å²) in [5, 5.41) is 5.44. The Hall–Kier alpha value is -3.15. The molecule has 142 valence electrons. The molecule has 0 aliphatic carbocycles. The van der Waals surface area contributed by atoms with Crippen LogP contribution in [0.5, 0.6) is 0 Å². The van der Waals surface area contributed by atoms with Crippen LogP contribution >= 0.6 is 0 Å². The van der Waals surface area contributed by atoms with E-state index < -0.39 is 23.2 Å². The standard InChI is InChI=1S/C21H24N2O4/c1-4-27-18(24)16-12-8-9-13-17(16)23-20(26)21(2,3)19(25)22-14-15-10-6-5-7-11-15/h5-13H,4,14H2,1-3H3,(H,22,25)(H,23,26). The van der Waals surface area contributed by atoms with E-state index in [2.05, 4.69) is 10.6 Å². The SMILES string of the molecule is CCOC(=O)c1ccccc1NC(=O)C(C)(C)C(=O)NCc1ccccc1. The lowest BCUT2D eigenvalue weighted by atomic mass is 9.90. The normalized spacial score (nSPS) is 10.8. The number of para-hydroxylation sites is 1. The molecule has 0 radical (unpaired) electrons. The summed E-state index contributed by atoms with van der Waals surface area (Å²) in [4.78, 5) is 37.3. The van der Waals surface area contributed by atoms with Gasteiger partial charge in [-0.1, -0.05) is 42.5 Å². The summed E-state index contributed by atoms with van der Waals surface area (Å²) < 4.78 is 5.00. The van der Waals surface area contributed by atoms with Crippen molar-refractivity contribution in [2.45, 2.75) is 27.3 Å². The molecule has 0 saturated carbocycles. The van der Waals surface area contributed by atoms with E-state index in [0.717, 1.165) is 5.56 Å². The molecule has 27 heavy (non-hydrogen) atoms. The number of hydrogen-bond acceptors (Lipinski definition) is 4. The first-order valence-corrected chi connectivity index (χ1v) is 8.76. The van der Waals surface area contributed by atoms with Crippen LogP contribution in [0.2, 0.25) is 0 Å². The Morgan fingerprint density at radius 3 is 2.22 bits per heavy atom. The molecule has 0 unspecified atom stereocenters. The van der Waals surface area contributed by atoms with Crippen LogP contribution in [0.4, 0.5) is 5.69 Å². The van der Waals surface area contributed by atoms with Gasteiger partial charge in [0.15, 0.2) is 0 Å². The highest BCUT2D eigenvalue weighted by atomic mass is 16.5. The number of amides is 2. The van der Waals surface area contributed by atoms with Crippen LogP contribution in [0.15, 0.2) is 54.6 Å². The van der Waals surface area contributed by atoms with Crippen LogP contribution in [0.1, 0.15) is 36.7 Å². The number of carbonyl (C=O) groups is 3. The van der Waals surface area contributed by atoms with E-state index in [0.29, 0.717) is 12.2 Å². The van der Waals surface area contributed by atoms with Gasteiger partial charge in [0.2, 0.25) is 11.8 Å². The first-order valence-electron chi connectivity index (χ1n) is 8.76. The number of ether oxygens (including phenoxy) is 1. The van der Waals surface area contributed by atoms with Crippen LogP contribution in [-0.4, -0.2) is 24.4 Å². The Bertz CT molecular complexity index is 816. The highest BCUT2D eigenvalue weighted by molar-refractivity contribution is 6.11. The van der Waals surface area contributed by atoms with Crippen LogP contribution in [0, 0.1) is 5.41 Å². The summed E-state index contributed by atoms with van der Waals surface area (Å²) in [7, 11) is 0. The molecular formula is C21H24N2O4. The zero-order chi connectivity index (χ0) is 19.9. The maximum absolute atomic E-state index is 12.7. The van der Waals surface area contributed by atoms with Gasteiger partial charge in [-0.15, -0.1) is 0 Å². The van der Waals surface area contributed by atoms with E-state index in [1.807, 2.05) is 30.3 Å².